The summed E-state index contributed by atoms with van der Waals surface area (Å²) in [5, 5.41) is 9.67. The van der Waals surface area contributed by atoms with Crippen LogP contribution in [0.15, 0.2) is 23.7 Å². The number of carbonyl (C=O) groups excluding carboxylic acids is 1. The van der Waals surface area contributed by atoms with Crippen molar-refractivity contribution in [2.24, 2.45) is 0 Å². The quantitative estimate of drug-likeness (QED) is 0.676. The van der Waals surface area contributed by atoms with E-state index in [1.165, 1.54) is 19.2 Å². The molecule has 2 rings (SSSR count). The number of benzene rings is 1. The maximum Gasteiger partial charge on any atom is 0.492 e. The van der Waals surface area contributed by atoms with Crippen molar-refractivity contribution in [2.75, 3.05) is 13.7 Å². The summed E-state index contributed by atoms with van der Waals surface area (Å²) in [5.41, 5.74) is -0.157. The molecule has 24 heavy (non-hydrogen) atoms. The van der Waals surface area contributed by atoms with Crippen LogP contribution in [0, 0.1) is 5.82 Å². The van der Waals surface area contributed by atoms with Gasteiger partial charge < -0.3 is 19.2 Å². The first-order valence-electron chi connectivity index (χ1n) is 7.65. The fourth-order valence-electron chi connectivity index (χ4n) is 2.33. The SMILES string of the molecule is COC(=O)c1cc(F)cc(C=C(CO)B2OC(C)(C)C(C)(C)O2)c1. The average Bonchev–Trinajstić information content (AvgIpc) is 2.71. The molecule has 1 aliphatic heterocycles. The Morgan fingerprint density at radius 2 is 1.83 bits per heavy atom. The Morgan fingerprint density at radius 1 is 1.25 bits per heavy atom. The molecule has 0 amide bonds. The molecule has 1 saturated heterocycles. The standard InChI is InChI=1S/C17H22BFO5/c1-16(2)17(3,4)24-18(23-16)13(10-20)7-11-6-12(15(21)22-5)9-14(19)8-11/h6-9,20H,10H2,1-5H3. The Balaban J connectivity index is 2.35. The van der Waals surface area contributed by atoms with E-state index in [0.717, 1.165) is 6.07 Å². The van der Waals surface area contributed by atoms with Crippen LogP contribution in [0.2, 0.25) is 0 Å². The minimum atomic E-state index is -0.746. The molecule has 0 spiro atoms. The normalized spacial score (nSPS) is 19.5. The first-order chi connectivity index (χ1) is 11.1. The van der Waals surface area contributed by atoms with Crippen LogP contribution in [0.4, 0.5) is 4.39 Å². The summed E-state index contributed by atoms with van der Waals surface area (Å²) in [4.78, 5) is 11.6. The van der Waals surface area contributed by atoms with Gasteiger partial charge in [-0.2, -0.15) is 0 Å². The zero-order valence-corrected chi connectivity index (χ0v) is 14.6. The van der Waals surface area contributed by atoms with E-state index >= 15 is 0 Å². The number of aliphatic hydroxyl groups excluding tert-OH is 1. The molecule has 1 aromatic rings. The second-order valence-corrected chi connectivity index (χ2v) is 6.73. The summed E-state index contributed by atoms with van der Waals surface area (Å²) in [6, 6.07) is 3.83. The van der Waals surface area contributed by atoms with E-state index in [1.54, 1.807) is 6.08 Å². The number of carbonyl (C=O) groups is 1. The van der Waals surface area contributed by atoms with Crippen molar-refractivity contribution in [3.05, 3.63) is 40.6 Å². The van der Waals surface area contributed by atoms with Crippen molar-refractivity contribution < 1.29 is 28.3 Å². The van der Waals surface area contributed by atoms with Gasteiger partial charge in [0.15, 0.2) is 0 Å². The van der Waals surface area contributed by atoms with Crippen molar-refractivity contribution in [1.82, 2.24) is 0 Å². The van der Waals surface area contributed by atoms with Gasteiger partial charge in [-0.3, -0.25) is 0 Å². The minimum absolute atomic E-state index is 0.0926. The monoisotopic (exact) mass is 336 g/mol. The molecule has 1 N–H and O–H groups in total. The topological polar surface area (TPSA) is 65.0 Å². The van der Waals surface area contributed by atoms with E-state index in [4.69, 9.17) is 9.31 Å². The number of esters is 1. The van der Waals surface area contributed by atoms with Crippen molar-refractivity contribution >= 4 is 19.2 Å². The molecule has 7 heteroatoms. The van der Waals surface area contributed by atoms with E-state index in [0.29, 0.717) is 11.0 Å². The predicted molar refractivity (Wildman–Crippen MR) is 88.9 cm³/mol. The summed E-state index contributed by atoms with van der Waals surface area (Å²) < 4.78 is 30.1. The first-order valence-corrected chi connectivity index (χ1v) is 7.65. The molecule has 0 unspecified atom stereocenters. The fourth-order valence-corrected chi connectivity index (χ4v) is 2.33. The van der Waals surface area contributed by atoms with Crippen molar-refractivity contribution in [2.45, 2.75) is 38.9 Å². The van der Waals surface area contributed by atoms with Crippen LogP contribution in [-0.2, 0) is 14.0 Å². The first kappa shape index (κ1) is 18.6. The second-order valence-electron chi connectivity index (χ2n) is 6.73. The summed E-state index contributed by atoms with van der Waals surface area (Å²) >= 11 is 0. The van der Waals surface area contributed by atoms with Gasteiger partial charge in [0.1, 0.15) is 5.82 Å². The highest BCUT2D eigenvalue weighted by atomic mass is 19.1. The van der Waals surface area contributed by atoms with Crippen LogP contribution in [0.25, 0.3) is 6.08 Å². The number of aliphatic hydroxyl groups is 1. The predicted octanol–water partition coefficient (Wildman–Crippen LogP) is 2.62. The highest BCUT2D eigenvalue weighted by Crippen LogP contribution is 2.38. The number of methoxy groups -OCH3 is 1. The van der Waals surface area contributed by atoms with E-state index in [2.05, 4.69) is 4.74 Å². The van der Waals surface area contributed by atoms with Crippen LogP contribution in [0.5, 0.6) is 0 Å². The third-order valence-electron chi connectivity index (χ3n) is 4.43. The van der Waals surface area contributed by atoms with Gasteiger partial charge >= 0.3 is 13.1 Å². The molecule has 130 valence electrons. The average molecular weight is 336 g/mol. The maximum absolute atomic E-state index is 13.7. The van der Waals surface area contributed by atoms with Gasteiger partial charge in [0.25, 0.3) is 0 Å². The van der Waals surface area contributed by atoms with Gasteiger partial charge in [0.05, 0.1) is 30.5 Å². The molecule has 0 saturated carbocycles. The molecule has 5 nitrogen and oxygen atoms in total. The number of rotatable bonds is 4. The Labute approximate surface area is 141 Å². The molecule has 1 fully saturated rings. The Hall–Kier alpha value is -1.70. The van der Waals surface area contributed by atoms with Gasteiger partial charge in [-0.1, -0.05) is 6.08 Å². The zero-order chi connectivity index (χ0) is 18.1. The maximum atomic E-state index is 13.7. The van der Waals surface area contributed by atoms with Crippen molar-refractivity contribution in [3.63, 3.8) is 0 Å². The lowest BCUT2D eigenvalue weighted by atomic mass is 9.77. The number of ether oxygens (including phenoxy) is 1. The van der Waals surface area contributed by atoms with Gasteiger partial charge in [-0.25, -0.2) is 9.18 Å². The van der Waals surface area contributed by atoms with Gasteiger partial charge in [-0.05, 0) is 56.9 Å². The lowest BCUT2D eigenvalue weighted by Crippen LogP contribution is -2.41. The van der Waals surface area contributed by atoms with Crippen molar-refractivity contribution in [1.29, 1.82) is 0 Å². The Bertz CT molecular complexity index is 653. The lowest BCUT2D eigenvalue weighted by molar-refractivity contribution is 0.00578. The minimum Gasteiger partial charge on any atom is -0.465 e. The zero-order valence-electron chi connectivity index (χ0n) is 14.6. The second kappa shape index (κ2) is 6.66. The summed E-state index contributed by atoms with van der Waals surface area (Å²) in [5.74, 6) is -1.21. The van der Waals surface area contributed by atoms with Crippen LogP contribution in [-0.4, -0.2) is 43.1 Å². The fraction of sp³-hybridized carbons (Fsp3) is 0.471. The molecular formula is C17H22BFO5. The van der Waals surface area contributed by atoms with Crippen LogP contribution >= 0.6 is 0 Å². The van der Waals surface area contributed by atoms with E-state index in [1.807, 2.05) is 27.7 Å². The Kier molecular flexibility index (Phi) is 5.18. The highest BCUT2D eigenvalue weighted by molar-refractivity contribution is 6.55. The Morgan fingerprint density at radius 3 is 2.33 bits per heavy atom. The summed E-state index contributed by atoms with van der Waals surface area (Å²) in [6.45, 7) is 7.29. The van der Waals surface area contributed by atoms with E-state index in [9.17, 15) is 14.3 Å². The highest BCUT2D eigenvalue weighted by Gasteiger charge is 2.52. The lowest BCUT2D eigenvalue weighted by Gasteiger charge is -2.32. The molecule has 0 radical (unpaired) electrons. The third-order valence-corrected chi connectivity index (χ3v) is 4.43. The molecule has 0 aromatic heterocycles. The summed E-state index contributed by atoms with van der Waals surface area (Å²) in [6.07, 6.45) is 1.55. The van der Waals surface area contributed by atoms with E-state index < -0.39 is 30.1 Å². The molecule has 0 aliphatic carbocycles. The van der Waals surface area contributed by atoms with Gasteiger partial charge in [0.2, 0.25) is 0 Å². The van der Waals surface area contributed by atoms with Crippen LogP contribution < -0.4 is 0 Å². The van der Waals surface area contributed by atoms with Crippen LogP contribution in [0.1, 0.15) is 43.6 Å². The van der Waals surface area contributed by atoms with E-state index in [-0.39, 0.29) is 12.2 Å². The molecule has 1 aliphatic rings. The number of hydrogen-bond acceptors (Lipinski definition) is 5. The summed E-state index contributed by atoms with van der Waals surface area (Å²) in [7, 11) is 0.483. The third kappa shape index (κ3) is 3.69. The van der Waals surface area contributed by atoms with Crippen LogP contribution in [0.3, 0.4) is 0 Å². The van der Waals surface area contributed by atoms with Crippen molar-refractivity contribution in [3.8, 4) is 0 Å². The number of hydrogen-bond donors (Lipinski definition) is 1. The van der Waals surface area contributed by atoms with Gasteiger partial charge in [-0.15, -0.1) is 0 Å². The molecule has 0 bridgehead atoms. The molecule has 1 heterocycles. The molecule has 0 atom stereocenters. The van der Waals surface area contributed by atoms with Gasteiger partial charge in [0, 0.05) is 0 Å². The molecule has 1 aromatic carbocycles. The molecular weight excluding hydrogens is 314 g/mol. The smallest absolute Gasteiger partial charge is 0.465 e. The largest absolute Gasteiger partial charge is 0.492 e. The number of halogens is 1.